The van der Waals surface area contributed by atoms with Crippen LogP contribution in [0.25, 0.3) is 10.9 Å². The number of rotatable bonds is 9. The van der Waals surface area contributed by atoms with E-state index in [9.17, 15) is 13.2 Å². The minimum atomic E-state index is -3.68. The number of benzene rings is 2. The van der Waals surface area contributed by atoms with Gasteiger partial charge in [0.15, 0.2) is 5.13 Å². The van der Waals surface area contributed by atoms with Crippen LogP contribution < -0.4 is 10.0 Å². The number of hydrogen-bond acceptors (Lipinski definition) is 5. The first-order valence-electron chi connectivity index (χ1n) is 10.3. The highest BCUT2D eigenvalue weighted by Gasteiger charge is 2.16. The minimum Gasteiger partial charge on any atom is -0.361 e. The maximum absolute atomic E-state index is 12.5. The zero-order valence-electron chi connectivity index (χ0n) is 17.6. The third-order valence-electron chi connectivity index (χ3n) is 5.10. The van der Waals surface area contributed by atoms with Crippen molar-refractivity contribution in [2.45, 2.75) is 31.1 Å². The molecule has 0 unspecified atom stereocenters. The normalized spacial score (nSPS) is 11.5. The van der Waals surface area contributed by atoms with Gasteiger partial charge in [0, 0.05) is 35.4 Å². The number of aryl methyl sites for hydroxylation is 2. The molecule has 3 N–H and O–H groups in total. The van der Waals surface area contributed by atoms with Gasteiger partial charge in [0.25, 0.3) is 10.0 Å². The van der Waals surface area contributed by atoms with Crippen molar-refractivity contribution in [3.05, 3.63) is 76.9 Å². The zero-order chi connectivity index (χ0) is 22.6. The summed E-state index contributed by atoms with van der Waals surface area (Å²) in [4.78, 5) is 19.9. The van der Waals surface area contributed by atoms with Crippen LogP contribution in [0.1, 0.15) is 23.2 Å². The summed E-state index contributed by atoms with van der Waals surface area (Å²) in [5.41, 5.74) is 3.93. The van der Waals surface area contributed by atoms with Crippen molar-refractivity contribution in [2.24, 2.45) is 0 Å². The van der Waals surface area contributed by atoms with Crippen molar-refractivity contribution in [3.63, 3.8) is 0 Å². The highest BCUT2D eigenvalue weighted by atomic mass is 32.2. The number of fused-ring (bicyclic) bond motifs is 1. The van der Waals surface area contributed by atoms with Crippen LogP contribution >= 0.6 is 11.3 Å². The lowest BCUT2D eigenvalue weighted by molar-refractivity contribution is -0.121. The molecule has 7 nitrogen and oxygen atoms in total. The number of sulfonamides is 1. The van der Waals surface area contributed by atoms with E-state index in [1.807, 2.05) is 31.3 Å². The van der Waals surface area contributed by atoms with Gasteiger partial charge in [-0.25, -0.2) is 13.4 Å². The van der Waals surface area contributed by atoms with E-state index in [0.717, 1.165) is 17.5 Å². The Morgan fingerprint density at radius 3 is 2.69 bits per heavy atom. The summed E-state index contributed by atoms with van der Waals surface area (Å²) >= 11 is 1.21. The lowest BCUT2D eigenvalue weighted by Crippen LogP contribution is -2.25. The number of carbonyl (C=O) groups is 1. The summed E-state index contributed by atoms with van der Waals surface area (Å²) in [7, 11) is -3.68. The second-order valence-electron chi connectivity index (χ2n) is 7.52. The van der Waals surface area contributed by atoms with Gasteiger partial charge < -0.3 is 10.3 Å². The Balaban J connectivity index is 1.24. The largest absolute Gasteiger partial charge is 0.361 e. The van der Waals surface area contributed by atoms with Crippen LogP contribution in [-0.4, -0.2) is 30.8 Å². The molecule has 32 heavy (non-hydrogen) atoms. The Morgan fingerprint density at radius 2 is 1.88 bits per heavy atom. The van der Waals surface area contributed by atoms with E-state index in [0.29, 0.717) is 30.2 Å². The van der Waals surface area contributed by atoms with E-state index >= 15 is 0 Å². The molecule has 2 aromatic heterocycles. The molecule has 166 valence electrons. The molecule has 0 radical (unpaired) electrons. The van der Waals surface area contributed by atoms with Crippen LogP contribution in [0.2, 0.25) is 0 Å². The lowest BCUT2D eigenvalue weighted by atomic mass is 10.1. The van der Waals surface area contributed by atoms with Crippen molar-refractivity contribution in [1.82, 2.24) is 15.3 Å². The SMILES string of the molecule is Cc1ccc(S(=O)(=O)Nc2nc(CCC(=O)NCCc3c[nH]c4ccccc34)cs2)cc1. The fourth-order valence-electron chi connectivity index (χ4n) is 3.36. The molecule has 0 aliphatic rings. The topological polar surface area (TPSA) is 104 Å². The second kappa shape index (κ2) is 9.54. The highest BCUT2D eigenvalue weighted by molar-refractivity contribution is 7.93. The summed E-state index contributed by atoms with van der Waals surface area (Å²) in [5, 5.41) is 6.17. The van der Waals surface area contributed by atoms with E-state index in [2.05, 4.69) is 26.1 Å². The molecular weight excluding hydrogens is 444 g/mol. The number of hydrogen-bond donors (Lipinski definition) is 3. The standard InChI is InChI=1S/C23H24N4O3S2/c1-16-6-9-19(10-7-16)32(29,30)27-23-26-18(15-31-23)8-11-22(28)24-13-12-17-14-25-21-5-3-2-4-20(17)21/h2-7,9-10,14-15,25H,8,11-13H2,1H3,(H,24,28)(H,26,27). The smallest absolute Gasteiger partial charge is 0.263 e. The third-order valence-corrected chi connectivity index (χ3v) is 7.39. The second-order valence-corrected chi connectivity index (χ2v) is 10.1. The molecule has 2 aromatic carbocycles. The molecule has 0 spiro atoms. The first kappa shape index (κ1) is 22.0. The monoisotopic (exact) mass is 468 g/mol. The van der Waals surface area contributed by atoms with E-state index < -0.39 is 10.0 Å². The molecule has 9 heteroatoms. The molecule has 0 saturated heterocycles. The van der Waals surface area contributed by atoms with Crippen molar-refractivity contribution >= 4 is 43.3 Å². The Kier molecular flexibility index (Phi) is 6.57. The summed E-state index contributed by atoms with van der Waals surface area (Å²) in [6, 6.07) is 14.7. The number of aromatic amines is 1. The average molecular weight is 469 g/mol. The predicted molar refractivity (Wildman–Crippen MR) is 127 cm³/mol. The van der Waals surface area contributed by atoms with E-state index in [1.54, 1.807) is 29.6 Å². The van der Waals surface area contributed by atoms with Gasteiger partial charge in [0.2, 0.25) is 5.91 Å². The third kappa shape index (κ3) is 5.35. The molecule has 0 aliphatic heterocycles. The van der Waals surface area contributed by atoms with Crippen LogP contribution in [0.3, 0.4) is 0 Å². The Morgan fingerprint density at radius 1 is 1.09 bits per heavy atom. The first-order chi connectivity index (χ1) is 15.4. The fourth-order valence-corrected chi connectivity index (χ4v) is 5.36. The summed E-state index contributed by atoms with van der Waals surface area (Å²) in [6.07, 6.45) is 3.46. The summed E-state index contributed by atoms with van der Waals surface area (Å²) in [5.74, 6) is -0.0559. The van der Waals surface area contributed by atoms with Gasteiger partial charge in [-0.1, -0.05) is 35.9 Å². The van der Waals surface area contributed by atoms with E-state index in [4.69, 9.17) is 0 Å². The maximum Gasteiger partial charge on any atom is 0.263 e. The first-order valence-corrected chi connectivity index (χ1v) is 12.6. The van der Waals surface area contributed by atoms with Crippen LogP contribution in [-0.2, 0) is 27.7 Å². The van der Waals surface area contributed by atoms with Gasteiger partial charge in [0.05, 0.1) is 10.6 Å². The average Bonchev–Trinajstić information content (AvgIpc) is 3.39. The Hall–Kier alpha value is -3.17. The zero-order valence-corrected chi connectivity index (χ0v) is 19.2. The number of amides is 1. The number of nitrogens with one attached hydrogen (secondary N) is 3. The fraction of sp³-hybridized carbons (Fsp3) is 0.217. The Labute approximate surface area is 191 Å². The quantitative estimate of drug-likeness (QED) is 0.345. The molecule has 0 bridgehead atoms. The van der Waals surface area contributed by atoms with Crippen molar-refractivity contribution in [2.75, 3.05) is 11.3 Å². The van der Waals surface area contributed by atoms with Gasteiger partial charge >= 0.3 is 0 Å². The van der Waals surface area contributed by atoms with Gasteiger partial charge in [-0.05, 0) is 43.5 Å². The molecule has 0 saturated carbocycles. The van der Waals surface area contributed by atoms with Crippen LogP contribution in [0, 0.1) is 6.92 Å². The van der Waals surface area contributed by atoms with E-state index in [-0.39, 0.29) is 10.8 Å². The predicted octanol–water partition coefficient (Wildman–Crippen LogP) is 4.03. The van der Waals surface area contributed by atoms with Crippen molar-refractivity contribution < 1.29 is 13.2 Å². The van der Waals surface area contributed by atoms with Crippen LogP contribution in [0.4, 0.5) is 5.13 Å². The molecule has 2 heterocycles. The lowest BCUT2D eigenvalue weighted by Gasteiger charge is -2.05. The number of aromatic nitrogens is 2. The number of nitrogens with zero attached hydrogens (tertiary/aromatic N) is 1. The van der Waals surface area contributed by atoms with E-state index in [1.165, 1.54) is 22.3 Å². The molecule has 0 aliphatic carbocycles. The van der Waals surface area contributed by atoms with Crippen molar-refractivity contribution in [1.29, 1.82) is 0 Å². The van der Waals surface area contributed by atoms with Gasteiger partial charge in [-0.15, -0.1) is 11.3 Å². The van der Waals surface area contributed by atoms with Gasteiger partial charge in [-0.3, -0.25) is 9.52 Å². The summed E-state index contributed by atoms with van der Waals surface area (Å²) < 4.78 is 27.5. The highest BCUT2D eigenvalue weighted by Crippen LogP contribution is 2.21. The number of thiazole rings is 1. The molecule has 4 rings (SSSR count). The molecule has 0 fully saturated rings. The number of anilines is 1. The number of carbonyl (C=O) groups excluding carboxylic acids is 1. The van der Waals surface area contributed by atoms with Crippen molar-refractivity contribution in [3.8, 4) is 0 Å². The number of H-pyrrole nitrogens is 1. The van der Waals surface area contributed by atoms with Gasteiger partial charge in [-0.2, -0.15) is 0 Å². The molecule has 4 aromatic rings. The number of para-hydroxylation sites is 1. The van der Waals surface area contributed by atoms with Crippen LogP contribution in [0.5, 0.6) is 0 Å². The molecule has 0 atom stereocenters. The Bertz CT molecular complexity index is 1320. The molecule has 1 amide bonds. The molecular formula is C23H24N4O3S2. The minimum absolute atomic E-state index is 0.0559. The maximum atomic E-state index is 12.5. The van der Waals surface area contributed by atoms with Gasteiger partial charge in [0.1, 0.15) is 0 Å². The summed E-state index contributed by atoms with van der Waals surface area (Å²) in [6.45, 7) is 2.45. The van der Waals surface area contributed by atoms with Crippen LogP contribution in [0.15, 0.2) is 65.0 Å².